The van der Waals surface area contributed by atoms with Gasteiger partial charge in [0, 0.05) is 25.4 Å². The molecule has 6 heteroatoms. The van der Waals surface area contributed by atoms with Crippen LogP contribution in [0.2, 0.25) is 0 Å². The molecule has 44 heavy (non-hydrogen) atoms. The summed E-state index contributed by atoms with van der Waals surface area (Å²) >= 11 is 0. The van der Waals surface area contributed by atoms with Crippen LogP contribution in [0.1, 0.15) is 54.2 Å². The fourth-order valence-corrected chi connectivity index (χ4v) is 5.50. The van der Waals surface area contributed by atoms with Gasteiger partial charge in [0.2, 0.25) is 0 Å². The first kappa shape index (κ1) is 31.9. The number of allylic oxidation sites excluding steroid dienone is 1. The molecule has 5 nitrogen and oxygen atoms in total. The third-order valence-electron chi connectivity index (χ3n) is 7.94. The van der Waals surface area contributed by atoms with Crippen molar-refractivity contribution in [3.63, 3.8) is 0 Å². The Labute approximate surface area is 256 Å². The van der Waals surface area contributed by atoms with Crippen LogP contribution in [0.15, 0.2) is 91.0 Å². The van der Waals surface area contributed by atoms with Gasteiger partial charge in [0.25, 0.3) is 0 Å². The number of benzene rings is 4. The van der Waals surface area contributed by atoms with Gasteiger partial charge in [-0.2, -0.15) is 12.1 Å². The molecule has 1 aliphatic heterocycles. The molecule has 238 valence electrons. The molecule has 1 aliphatic rings. The molecule has 0 spiro atoms. The summed E-state index contributed by atoms with van der Waals surface area (Å²) in [5.41, 5.74) is 8.05. The van der Waals surface area contributed by atoms with E-state index < -0.39 is 0 Å². The summed E-state index contributed by atoms with van der Waals surface area (Å²) in [4.78, 5) is 2.39. The monoisotopic (exact) mass is 835 g/mol. The molecule has 4 aromatic carbocycles. The van der Waals surface area contributed by atoms with Gasteiger partial charge in [0.1, 0.15) is 18.1 Å². The summed E-state index contributed by atoms with van der Waals surface area (Å²) in [6, 6.07) is 34.8. The largest absolute Gasteiger partial charge is 0.522 e. The molecule has 1 atom stereocenters. The van der Waals surface area contributed by atoms with Crippen molar-refractivity contribution in [2.75, 3.05) is 46.6 Å². The molecular formula is C38H42NNoO4-. The van der Waals surface area contributed by atoms with Crippen molar-refractivity contribution < 1.29 is 18.9 Å². The molecule has 1 heterocycles. The maximum absolute atomic E-state index is 6.32. The van der Waals surface area contributed by atoms with Crippen LogP contribution in [0.5, 0.6) is 17.2 Å². The van der Waals surface area contributed by atoms with Gasteiger partial charge in [-0.1, -0.05) is 68.4 Å². The van der Waals surface area contributed by atoms with Crippen molar-refractivity contribution in [2.45, 2.75) is 33.3 Å². The molecule has 0 bridgehead atoms. The van der Waals surface area contributed by atoms with E-state index in [1.54, 1.807) is 7.11 Å². The van der Waals surface area contributed by atoms with Crippen molar-refractivity contribution in [1.29, 1.82) is 0 Å². The first-order valence-corrected chi connectivity index (χ1v) is 15.2. The SMILES string of the molecule is CC/C(=C(/c1ccc(OCCN2CCOCC2)cc1)c1ccc(OC(C)c2[c-]cc(C)c(OC)c2)cc1)c1ccccc1.[No]. The van der Waals surface area contributed by atoms with Gasteiger partial charge in [-0.3, -0.25) is 4.90 Å². The van der Waals surface area contributed by atoms with Crippen molar-refractivity contribution in [1.82, 2.24) is 4.90 Å². The normalized spacial score (nSPS) is 14.6. The van der Waals surface area contributed by atoms with E-state index in [0.717, 1.165) is 78.8 Å². The summed E-state index contributed by atoms with van der Waals surface area (Å²) in [5, 5.41) is 0. The van der Waals surface area contributed by atoms with Crippen LogP contribution in [0, 0.1) is 13.0 Å². The van der Waals surface area contributed by atoms with Gasteiger partial charge in [0.15, 0.2) is 0 Å². The molecular weight excluding hydrogens is 793 g/mol. The first-order valence-electron chi connectivity index (χ1n) is 15.2. The van der Waals surface area contributed by atoms with Gasteiger partial charge < -0.3 is 18.9 Å². The zero-order chi connectivity index (χ0) is 30.0. The molecule has 0 amide bonds. The van der Waals surface area contributed by atoms with Crippen LogP contribution in [-0.4, -0.2) is 51.5 Å². The quantitative estimate of drug-likeness (QED) is 0.107. The van der Waals surface area contributed by atoms with Crippen LogP contribution in [0.4, 0.5) is 0 Å². The van der Waals surface area contributed by atoms with E-state index in [4.69, 9.17) is 18.9 Å². The van der Waals surface area contributed by atoms with Crippen molar-refractivity contribution in [3.8, 4) is 17.2 Å². The number of hydrogen-bond acceptors (Lipinski definition) is 5. The van der Waals surface area contributed by atoms with Crippen LogP contribution in [0.3, 0.4) is 0 Å². The first-order chi connectivity index (χ1) is 21.1. The van der Waals surface area contributed by atoms with E-state index in [2.05, 4.69) is 96.8 Å². The van der Waals surface area contributed by atoms with Gasteiger partial charge in [-0.25, -0.2) is 0 Å². The number of morpholine rings is 1. The fourth-order valence-electron chi connectivity index (χ4n) is 5.50. The average molecular weight is 836 g/mol. The second-order valence-corrected chi connectivity index (χ2v) is 10.8. The minimum Gasteiger partial charge on any atom is -0.522 e. The van der Waals surface area contributed by atoms with E-state index in [0.29, 0.717) is 6.61 Å². The molecule has 1 unspecified atom stereocenters. The van der Waals surface area contributed by atoms with E-state index in [9.17, 15) is 0 Å². The Morgan fingerprint density at radius 2 is 1.52 bits per heavy atom. The van der Waals surface area contributed by atoms with Crippen LogP contribution >= 0.6 is 0 Å². The standard InChI is InChI=1S/C38H42NO4.No/c1-5-36(30-9-7-6-8-10-30)38(31-13-17-34(18-14-31)42-26-23-39-21-24-41-25-22-39)32-15-19-35(20-16-32)43-29(3)33-12-11-28(2)37(27-33)40-4;/h6-11,13-20,27,29H,5,21-26H2,1-4H3;/q-1;/b38-36+;. The van der Waals surface area contributed by atoms with Crippen LogP contribution < -0.4 is 14.2 Å². The number of nitrogens with zero attached hydrogens (tertiary/aromatic N) is 1. The average Bonchev–Trinajstić information content (AvgIpc) is 3.05. The number of methoxy groups -OCH3 is 1. The Kier molecular flexibility index (Phi) is 11.2. The molecule has 0 radical (unpaired) electrons. The number of hydrogen-bond donors (Lipinski definition) is 0. The Morgan fingerprint density at radius 1 is 0.886 bits per heavy atom. The third-order valence-corrected chi connectivity index (χ3v) is 7.94. The third kappa shape index (κ3) is 7.85. The molecule has 0 saturated carbocycles. The van der Waals surface area contributed by atoms with Crippen molar-refractivity contribution in [2.24, 2.45) is 0 Å². The second kappa shape index (κ2) is 15.4. The van der Waals surface area contributed by atoms with Crippen LogP contribution in [0.25, 0.3) is 11.1 Å². The van der Waals surface area contributed by atoms with E-state index in [-0.39, 0.29) is 6.10 Å². The van der Waals surface area contributed by atoms with Gasteiger partial charge in [0.05, 0.1) is 26.4 Å². The summed E-state index contributed by atoms with van der Waals surface area (Å²) in [7, 11) is 1.69. The van der Waals surface area contributed by atoms with E-state index in [1.807, 2.05) is 26.0 Å². The number of ether oxygens (including phenoxy) is 4. The zero-order valence-corrected chi connectivity index (χ0v) is 28.3. The van der Waals surface area contributed by atoms with Gasteiger partial charge >= 0.3 is 0 Å². The number of rotatable bonds is 12. The Bertz CT molecular complexity index is 1480. The molecule has 0 aliphatic carbocycles. The van der Waals surface area contributed by atoms with Gasteiger partial charge in [-0.05, 0) is 65.4 Å². The zero-order valence-electron chi connectivity index (χ0n) is 26.0. The maximum Gasteiger partial charge on any atom is 0.120 e. The predicted octanol–water partition coefficient (Wildman–Crippen LogP) is 8.02. The smallest absolute Gasteiger partial charge is 0.120 e. The van der Waals surface area contributed by atoms with Crippen LogP contribution in [-0.2, 0) is 4.74 Å². The molecule has 4 aromatic rings. The summed E-state index contributed by atoms with van der Waals surface area (Å²) in [5.74, 6) is 2.54. The molecule has 0 aromatic heterocycles. The molecule has 1 saturated heterocycles. The van der Waals surface area contributed by atoms with E-state index in [1.165, 1.54) is 16.7 Å². The Morgan fingerprint density at radius 3 is 2.14 bits per heavy atom. The van der Waals surface area contributed by atoms with Crippen molar-refractivity contribution in [3.05, 3.63) is 125 Å². The van der Waals surface area contributed by atoms with Gasteiger partial charge in [-0.15, -0.1) is 17.2 Å². The topological polar surface area (TPSA) is 40.2 Å². The van der Waals surface area contributed by atoms with E-state index >= 15 is 0 Å². The predicted molar refractivity (Wildman–Crippen MR) is 174 cm³/mol. The minimum atomic E-state index is -0.165. The molecule has 5 rings (SSSR count). The minimum absolute atomic E-state index is 0. The second-order valence-electron chi connectivity index (χ2n) is 10.8. The van der Waals surface area contributed by atoms with Crippen molar-refractivity contribution >= 4 is 11.1 Å². The summed E-state index contributed by atoms with van der Waals surface area (Å²) < 4.78 is 23.4. The Hall–Kier alpha value is -5.06. The summed E-state index contributed by atoms with van der Waals surface area (Å²) in [6.07, 6.45) is 0.735. The molecule has 0 N–H and O–H groups in total. The maximum atomic E-state index is 6.32. The Balaban J connectivity index is 0.00000442. The number of aryl methyl sites for hydroxylation is 1. The fraction of sp³-hybridized carbons (Fsp3) is 0.316. The molecule has 1 fully saturated rings. The summed E-state index contributed by atoms with van der Waals surface area (Å²) in [6.45, 7) is 11.4.